The third-order valence-corrected chi connectivity index (χ3v) is 7.30. The van der Waals surface area contributed by atoms with Crippen LogP contribution in [0.3, 0.4) is 0 Å². The molecule has 2 aromatic carbocycles. The molecule has 2 heterocycles. The van der Waals surface area contributed by atoms with Crippen molar-refractivity contribution in [3.63, 3.8) is 0 Å². The van der Waals surface area contributed by atoms with E-state index in [0.717, 1.165) is 41.8 Å². The molecule has 0 radical (unpaired) electrons. The van der Waals surface area contributed by atoms with Crippen LogP contribution in [0.1, 0.15) is 59.4 Å². The number of aromatic amines is 1. The SMILES string of the molecule is CC1(C)c2cc(OCCN3CCC(C(=O)O)CC3)ccc2C(=O)c2c1[nH]c1cc(C#N)ccc21. The summed E-state index contributed by atoms with van der Waals surface area (Å²) in [5.74, 6) is -0.246. The van der Waals surface area contributed by atoms with Crippen LogP contribution in [0.2, 0.25) is 0 Å². The van der Waals surface area contributed by atoms with Crippen LogP contribution in [-0.2, 0) is 10.2 Å². The summed E-state index contributed by atoms with van der Waals surface area (Å²) in [5.41, 5.74) is 4.02. The Bertz CT molecular complexity index is 1340. The topological polar surface area (TPSA) is 106 Å². The molecule has 7 heteroatoms. The number of nitriles is 1. The van der Waals surface area contributed by atoms with Gasteiger partial charge in [0.25, 0.3) is 0 Å². The highest BCUT2D eigenvalue weighted by molar-refractivity contribution is 6.20. The lowest BCUT2D eigenvalue weighted by Crippen LogP contribution is -2.38. The van der Waals surface area contributed by atoms with E-state index in [1.54, 1.807) is 12.1 Å². The van der Waals surface area contributed by atoms with Gasteiger partial charge >= 0.3 is 5.97 Å². The summed E-state index contributed by atoms with van der Waals surface area (Å²) >= 11 is 0. The van der Waals surface area contributed by atoms with Crippen molar-refractivity contribution in [3.8, 4) is 11.8 Å². The Balaban J connectivity index is 1.35. The van der Waals surface area contributed by atoms with Gasteiger partial charge in [-0.15, -0.1) is 0 Å². The summed E-state index contributed by atoms with van der Waals surface area (Å²) in [6.07, 6.45) is 1.35. The monoisotopic (exact) mass is 457 g/mol. The first-order valence-electron chi connectivity index (χ1n) is 11.6. The molecule has 0 saturated carbocycles. The van der Waals surface area contributed by atoms with E-state index < -0.39 is 11.4 Å². The number of aliphatic carboxylic acids is 1. The molecule has 1 aromatic heterocycles. The molecule has 1 fully saturated rings. The number of hydrogen-bond donors (Lipinski definition) is 2. The van der Waals surface area contributed by atoms with Crippen molar-refractivity contribution in [2.75, 3.05) is 26.2 Å². The second-order valence-corrected chi connectivity index (χ2v) is 9.71. The summed E-state index contributed by atoms with van der Waals surface area (Å²) in [7, 11) is 0. The number of ketones is 1. The van der Waals surface area contributed by atoms with Gasteiger partial charge in [-0.05, 0) is 61.8 Å². The number of carbonyl (C=O) groups excluding carboxylic acids is 1. The van der Waals surface area contributed by atoms with Crippen molar-refractivity contribution in [2.24, 2.45) is 5.92 Å². The number of H-pyrrole nitrogens is 1. The Labute approximate surface area is 197 Å². The molecule has 0 bridgehead atoms. The third-order valence-electron chi connectivity index (χ3n) is 7.30. The molecule has 174 valence electrons. The zero-order chi connectivity index (χ0) is 24.0. The zero-order valence-electron chi connectivity index (χ0n) is 19.4. The van der Waals surface area contributed by atoms with Crippen LogP contribution < -0.4 is 4.74 Å². The Kier molecular flexibility index (Phi) is 5.41. The van der Waals surface area contributed by atoms with E-state index in [-0.39, 0.29) is 11.7 Å². The summed E-state index contributed by atoms with van der Waals surface area (Å²) in [6.45, 7) is 6.95. The maximum Gasteiger partial charge on any atom is 0.306 e. The van der Waals surface area contributed by atoms with Crippen LogP contribution in [-0.4, -0.2) is 53.0 Å². The highest BCUT2D eigenvalue weighted by Crippen LogP contribution is 2.44. The summed E-state index contributed by atoms with van der Waals surface area (Å²) in [5, 5.41) is 19.2. The Morgan fingerprint density at radius 3 is 2.71 bits per heavy atom. The second kappa shape index (κ2) is 8.30. The molecule has 1 aliphatic carbocycles. The van der Waals surface area contributed by atoms with Crippen LogP contribution in [0.4, 0.5) is 0 Å². The van der Waals surface area contributed by atoms with Gasteiger partial charge in [-0.2, -0.15) is 5.26 Å². The van der Waals surface area contributed by atoms with Gasteiger partial charge in [-0.25, -0.2) is 0 Å². The molecule has 0 atom stereocenters. The highest BCUT2D eigenvalue weighted by atomic mass is 16.5. The first kappa shape index (κ1) is 22.2. The highest BCUT2D eigenvalue weighted by Gasteiger charge is 2.39. The minimum absolute atomic E-state index is 0.0202. The summed E-state index contributed by atoms with van der Waals surface area (Å²) in [4.78, 5) is 30.2. The minimum Gasteiger partial charge on any atom is -0.492 e. The molecule has 5 rings (SSSR count). The zero-order valence-corrected chi connectivity index (χ0v) is 19.4. The number of carboxylic acid groups (broad SMARTS) is 1. The van der Waals surface area contributed by atoms with Crippen molar-refractivity contribution in [3.05, 3.63) is 64.3 Å². The van der Waals surface area contributed by atoms with E-state index in [4.69, 9.17) is 9.84 Å². The fraction of sp³-hybridized carbons (Fsp3) is 0.370. The van der Waals surface area contributed by atoms with E-state index in [9.17, 15) is 14.9 Å². The number of hydrogen-bond acceptors (Lipinski definition) is 5. The number of fused-ring (bicyclic) bond motifs is 4. The van der Waals surface area contributed by atoms with Crippen LogP contribution in [0.15, 0.2) is 36.4 Å². The molecule has 7 nitrogen and oxygen atoms in total. The largest absolute Gasteiger partial charge is 0.492 e. The Hall–Kier alpha value is -3.63. The second-order valence-electron chi connectivity index (χ2n) is 9.71. The van der Waals surface area contributed by atoms with Crippen LogP contribution in [0.5, 0.6) is 5.75 Å². The maximum atomic E-state index is 13.5. The first-order chi connectivity index (χ1) is 16.3. The normalized spacial score (nSPS) is 17.7. The lowest BCUT2D eigenvalue weighted by Gasteiger charge is -2.32. The van der Waals surface area contributed by atoms with Crippen LogP contribution in [0.25, 0.3) is 10.9 Å². The quantitative estimate of drug-likeness (QED) is 0.598. The van der Waals surface area contributed by atoms with Crippen molar-refractivity contribution in [2.45, 2.75) is 32.1 Å². The van der Waals surface area contributed by atoms with Gasteiger partial charge in [0.1, 0.15) is 12.4 Å². The predicted octanol–water partition coefficient (Wildman–Crippen LogP) is 4.09. The first-order valence-corrected chi connectivity index (χ1v) is 11.6. The molecule has 1 aliphatic heterocycles. The van der Waals surface area contributed by atoms with E-state index in [2.05, 4.69) is 29.8 Å². The lowest BCUT2D eigenvalue weighted by atomic mass is 9.71. The number of piperidine rings is 1. The molecular formula is C27H27N3O4. The average Bonchev–Trinajstić information content (AvgIpc) is 3.23. The molecule has 3 aromatic rings. The molecule has 34 heavy (non-hydrogen) atoms. The van der Waals surface area contributed by atoms with Crippen LogP contribution in [0, 0.1) is 17.2 Å². The summed E-state index contributed by atoms with van der Waals surface area (Å²) in [6, 6.07) is 13.2. The van der Waals surface area contributed by atoms with Crippen molar-refractivity contribution in [1.82, 2.24) is 9.88 Å². The number of carbonyl (C=O) groups is 2. The van der Waals surface area contributed by atoms with Gasteiger partial charge in [0.15, 0.2) is 5.78 Å². The van der Waals surface area contributed by atoms with Gasteiger partial charge < -0.3 is 14.8 Å². The molecule has 0 amide bonds. The maximum absolute atomic E-state index is 13.5. The number of nitrogens with zero attached hydrogens (tertiary/aromatic N) is 2. The van der Waals surface area contributed by atoms with Gasteiger partial charge in [0.05, 0.1) is 23.1 Å². The summed E-state index contributed by atoms with van der Waals surface area (Å²) < 4.78 is 6.04. The van der Waals surface area contributed by atoms with Gasteiger partial charge in [-0.3, -0.25) is 14.5 Å². The average molecular weight is 458 g/mol. The molecule has 2 aliphatic rings. The molecule has 2 N–H and O–H groups in total. The predicted molar refractivity (Wildman–Crippen MR) is 127 cm³/mol. The van der Waals surface area contributed by atoms with Crippen LogP contribution >= 0.6 is 0 Å². The van der Waals surface area contributed by atoms with Crippen molar-refractivity contribution < 1.29 is 19.4 Å². The minimum atomic E-state index is -0.703. The Morgan fingerprint density at radius 1 is 1.24 bits per heavy atom. The van der Waals surface area contributed by atoms with Crippen molar-refractivity contribution in [1.29, 1.82) is 5.26 Å². The molecule has 1 saturated heterocycles. The van der Waals surface area contributed by atoms with Gasteiger partial charge in [-0.1, -0.05) is 19.9 Å². The molecule has 0 spiro atoms. The van der Waals surface area contributed by atoms with Crippen molar-refractivity contribution >= 4 is 22.7 Å². The smallest absolute Gasteiger partial charge is 0.306 e. The number of likely N-dealkylation sites (tertiary alicyclic amines) is 1. The van der Waals surface area contributed by atoms with E-state index >= 15 is 0 Å². The number of carboxylic acids is 1. The third kappa shape index (κ3) is 3.64. The van der Waals surface area contributed by atoms with Gasteiger partial charge in [0, 0.05) is 34.1 Å². The number of rotatable bonds is 5. The number of aromatic nitrogens is 1. The van der Waals surface area contributed by atoms with Gasteiger partial charge in [0.2, 0.25) is 0 Å². The Morgan fingerprint density at radius 2 is 2.00 bits per heavy atom. The number of nitrogens with one attached hydrogen (secondary N) is 1. The molecule has 0 unspecified atom stereocenters. The fourth-order valence-electron chi connectivity index (χ4n) is 5.27. The number of benzene rings is 2. The molecular weight excluding hydrogens is 430 g/mol. The van der Waals surface area contributed by atoms with E-state index in [1.807, 2.05) is 24.3 Å². The van der Waals surface area contributed by atoms with E-state index in [0.29, 0.717) is 41.9 Å². The standard InChI is InChI=1S/C27H27N3O4/c1-27(2)21-14-18(34-12-11-30-9-7-17(8-10-30)26(32)33)4-6-19(21)24(31)23-20-5-3-16(15-28)13-22(20)29-25(23)27/h3-6,13-14,17,29H,7-12H2,1-2H3,(H,32,33). The van der Waals surface area contributed by atoms with E-state index in [1.165, 1.54) is 0 Å². The lowest BCUT2D eigenvalue weighted by molar-refractivity contribution is -0.143. The number of ether oxygens (including phenoxy) is 1. The fourth-order valence-corrected chi connectivity index (χ4v) is 5.27.